The summed E-state index contributed by atoms with van der Waals surface area (Å²) in [6.07, 6.45) is 0. The van der Waals surface area contributed by atoms with E-state index < -0.39 is 5.21 Å². The van der Waals surface area contributed by atoms with Crippen LogP contribution < -0.4 is 38.2 Å². The molecule has 2 aromatic carbocycles. The summed E-state index contributed by atoms with van der Waals surface area (Å²) in [5.74, 6) is 0. The summed E-state index contributed by atoms with van der Waals surface area (Å²) in [5, 5.41) is -1.51. The van der Waals surface area contributed by atoms with Gasteiger partial charge in [0.25, 0.3) is 0 Å². The van der Waals surface area contributed by atoms with Crippen molar-refractivity contribution in [2.24, 2.45) is 0 Å². The Morgan fingerprint density at radius 2 is 0.913 bits per heavy atom. The highest BCUT2D eigenvalue weighted by Crippen LogP contribution is 2.41. The third kappa shape index (κ3) is 1.92. The lowest BCUT2D eigenvalue weighted by Gasteiger charge is -2.30. The van der Waals surface area contributed by atoms with E-state index in [-0.39, 0.29) is 27.3 Å². The molecule has 86 valence electrons. The van der Waals surface area contributed by atoms with Crippen LogP contribution in [0.2, 0.25) is 0 Å². The van der Waals surface area contributed by atoms with Crippen LogP contribution in [0.5, 0.6) is 0 Å². The first kappa shape index (κ1) is 16.9. The van der Waals surface area contributed by atoms with Crippen molar-refractivity contribution in [2.45, 2.75) is 12.1 Å². The van der Waals surface area contributed by atoms with E-state index in [4.69, 9.17) is 70.6 Å². The molecule has 0 N–H and O–H groups in total. The lowest BCUT2D eigenvalue weighted by Crippen LogP contribution is -2.51. The minimum Gasteiger partial charge on any atom is -0.111 e. The Balaban J connectivity index is 2.63. The van der Waals surface area contributed by atoms with E-state index in [0.29, 0.717) is 38.7 Å². The van der Waals surface area contributed by atoms with Gasteiger partial charge in [-0.3, -0.25) is 0 Å². The smallest absolute Gasteiger partial charge is 0.111 e. The molecule has 1 aliphatic carbocycles. The summed E-state index contributed by atoms with van der Waals surface area (Å²) in [7, 11) is 55.2. The second-order valence-electron chi connectivity index (χ2n) is 5.89. The summed E-state index contributed by atoms with van der Waals surface area (Å²) >= 11 is 0. The van der Waals surface area contributed by atoms with E-state index in [2.05, 4.69) is 0 Å². The van der Waals surface area contributed by atoms with Gasteiger partial charge in [-0.15, -0.1) is 21.9 Å². The summed E-state index contributed by atoms with van der Waals surface area (Å²) < 4.78 is 0. The van der Waals surface area contributed by atoms with E-state index in [1.807, 2.05) is 0 Å². The predicted octanol–water partition coefficient (Wildman–Crippen LogP) is -5.93. The van der Waals surface area contributed by atoms with Gasteiger partial charge in [-0.2, -0.15) is 0 Å². The summed E-state index contributed by atoms with van der Waals surface area (Å²) in [4.78, 5) is 0. The van der Waals surface area contributed by atoms with E-state index in [0.717, 1.165) is 0 Å². The van der Waals surface area contributed by atoms with E-state index in [9.17, 15) is 0 Å². The van der Waals surface area contributed by atoms with Crippen LogP contribution in [0.1, 0.15) is 16.7 Å². The molecule has 9 heteroatoms. The molecule has 3 rings (SSSR count). The first-order valence-electron chi connectivity index (χ1n) is 6.85. The van der Waals surface area contributed by atoms with Crippen molar-refractivity contribution in [3.63, 3.8) is 0 Å². The van der Waals surface area contributed by atoms with Crippen molar-refractivity contribution in [1.82, 2.24) is 0 Å². The Bertz CT molecular complexity index is 812. The Morgan fingerprint density at radius 1 is 0.522 bits per heavy atom. The van der Waals surface area contributed by atoms with Gasteiger partial charge >= 0.3 is 0 Å². The van der Waals surface area contributed by atoms with Gasteiger partial charge < -0.3 is 0 Å². The largest absolute Gasteiger partial charge is 0.114 e. The quantitative estimate of drug-likeness (QED) is 0.418. The van der Waals surface area contributed by atoms with E-state index in [1.54, 1.807) is 6.92 Å². The maximum absolute atomic E-state index is 6.35. The van der Waals surface area contributed by atoms with Gasteiger partial charge in [0.1, 0.15) is 54.9 Å². The Kier molecular flexibility index (Phi) is 3.67. The van der Waals surface area contributed by atoms with E-state index in [1.165, 1.54) is 0 Å². The first-order valence-corrected chi connectivity index (χ1v) is 6.85. The molecule has 1 aliphatic rings. The van der Waals surface area contributed by atoms with Gasteiger partial charge in [0, 0.05) is 0 Å². The fourth-order valence-corrected chi connectivity index (χ4v) is 3.27. The topological polar surface area (TPSA) is 0 Å². The summed E-state index contributed by atoms with van der Waals surface area (Å²) in [6, 6.07) is 0. The molecular formula is C14H3B9. The van der Waals surface area contributed by atoms with Crippen molar-refractivity contribution in [3.8, 4) is 11.1 Å². The van der Waals surface area contributed by atoms with Crippen LogP contribution in [-0.2, 0) is 5.21 Å². The van der Waals surface area contributed by atoms with Gasteiger partial charge in [-0.25, -0.2) is 0 Å². The highest BCUT2D eigenvalue weighted by molar-refractivity contribution is 6.67. The molecule has 0 bridgehead atoms. The van der Waals surface area contributed by atoms with Crippen LogP contribution in [0.25, 0.3) is 11.1 Å². The third-order valence-electron chi connectivity index (χ3n) is 4.62. The molecule has 0 amide bonds. The molecule has 23 heavy (non-hydrogen) atoms. The van der Waals surface area contributed by atoms with Gasteiger partial charge in [-0.1, -0.05) is 38.3 Å². The minimum atomic E-state index is -1.51. The highest BCUT2D eigenvalue weighted by atomic mass is 14.4. The van der Waals surface area contributed by atoms with Crippen molar-refractivity contribution < 1.29 is 0 Å². The van der Waals surface area contributed by atoms with Crippen LogP contribution in [-0.4, -0.2) is 70.6 Å². The minimum absolute atomic E-state index is 0.121. The molecule has 0 fully saturated rings. The highest BCUT2D eigenvalue weighted by Gasteiger charge is 2.39. The lowest BCUT2D eigenvalue weighted by atomic mass is 9.45. The first-order chi connectivity index (χ1) is 10.5. The van der Waals surface area contributed by atoms with Crippen LogP contribution in [0, 0.1) is 6.92 Å². The molecule has 0 saturated carbocycles. The summed E-state index contributed by atoms with van der Waals surface area (Å²) in [6.45, 7) is 1.73. The molecule has 0 nitrogen and oxygen atoms in total. The molecule has 0 aromatic heterocycles. The molecule has 0 atom stereocenters. The van der Waals surface area contributed by atoms with Gasteiger partial charge in [0.05, 0.1) is 15.7 Å². The van der Waals surface area contributed by atoms with Gasteiger partial charge in [0.15, 0.2) is 0 Å². The van der Waals surface area contributed by atoms with Crippen molar-refractivity contribution >= 4 is 109 Å². The zero-order valence-corrected chi connectivity index (χ0v) is 12.7. The SMILES string of the molecule is [B]c1c([B])c([B])c2c(c1[B])-c1c([B])c([B])c(C)c([B])c1C2([B])[B]. The molecule has 0 unspecified atom stereocenters. The monoisotopic (exact) mass is 270 g/mol. The Morgan fingerprint density at radius 3 is 1.43 bits per heavy atom. The molecule has 18 radical (unpaired) electrons. The number of fused-ring (bicyclic) bond motifs is 3. The average Bonchev–Trinajstić information content (AvgIpc) is 2.74. The molecule has 0 spiro atoms. The van der Waals surface area contributed by atoms with Gasteiger partial charge in [-0.05, 0) is 18.1 Å². The molecule has 0 heterocycles. The maximum Gasteiger partial charge on any atom is 0.114 e. The number of benzene rings is 2. The van der Waals surface area contributed by atoms with Crippen LogP contribution in [0.15, 0.2) is 0 Å². The fourth-order valence-electron chi connectivity index (χ4n) is 3.27. The lowest BCUT2D eigenvalue weighted by molar-refractivity contribution is 1.11. The standard InChI is InChI=1S/C14H3B9/c1-2-7(15)5-3(9(17)8(2)16)4-6(14(5,22)23)11(19)13(21)12(20)10(4)18/h1H3. The average molecular weight is 268 g/mol. The van der Waals surface area contributed by atoms with Crippen LogP contribution in [0.4, 0.5) is 0 Å². The molecule has 2 aromatic rings. The van der Waals surface area contributed by atoms with Crippen LogP contribution in [0.3, 0.4) is 0 Å². The second-order valence-corrected chi connectivity index (χ2v) is 5.89. The molecular weight excluding hydrogens is 265 g/mol. The van der Waals surface area contributed by atoms with Crippen molar-refractivity contribution in [1.29, 1.82) is 0 Å². The summed E-state index contributed by atoms with van der Waals surface area (Å²) in [5.41, 5.74) is 3.81. The molecule has 0 saturated heterocycles. The number of hydrogen-bond donors (Lipinski definition) is 0. The third-order valence-corrected chi connectivity index (χ3v) is 4.62. The van der Waals surface area contributed by atoms with Gasteiger partial charge in [0.2, 0.25) is 0 Å². The zero-order valence-electron chi connectivity index (χ0n) is 12.7. The molecule has 0 aliphatic heterocycles. The Labute approximate surface area is 149 Å². The Hall–Kier alpha value is -0.976. The van der Waals surface area contributed by atoms with Crippen molar-refractivity contribution in [3.05, 3.63) is 16.7 Å². The van der Waals surface area contributed by atoms with Crippen molar-refractivity contribution in [2.75, 3.05) is 0 Å². The maximum atomic E-state index is 6.35. The fraction of sp³-hybridized carbons (Fsp3) is 0.143. The van der Waals surface area contributed by atoms with E-state index >= 15 is 0 Å². The second kappa shape index (κ2) is 5.01. The van der Waals surface area contributed by atoms with Crippen LogP contribution >= 0.6 is 0 Å². The number of rotatable bonds is 0. The normalized spacial score (nSPS) is 14.5. The zero-order chi connectivity index (χ0) is 17.4. The number of hydrogen-bond acceptors (Lipinski definition) is 0. The predicted molar refractivity (Wildman–Crippen MR) is 107 cm³/mol.